The van der Waals surface area contributed by atoms with Crippen LogP contribution in [0.4, 0.5) is 0 Å². The number of carbonyl (C=O) groups excluding carboxylic acids is 2. The molecule has 0 aromatic heterocycles. The summed E-state index contributed by atoms with van der Waals surface area (Å²) in [5.41, 5.74) is 0.390. The number of amides is 2. The molecule has 2 aromatic rings. The Bertz CT molecular complexity index is 867. The molecule has 7 nitrogen and oxygen atoms in total. The van der Waals surface area contributed by atoms with Crippen molar-refractivity contribution < 1.29 is 24.2 Å². The monoisotopic (exact) mass is 396 g/mol. The van der Waals surface area contributed by atoms with Crippen molar-refractivity contribution in [2.45, 2.75) is 38.3 Å². The molecule has 0 spiro atoms. The molecule has 7 heteroatoms. The number of hydrogen-bond donors (Lipinski definition) is 2. The van der Waals surface area contributed by atoms with Crippen LogP contribution in [0, 0.1) is 0 Å². The van der Waals surface area contributed by atoms with Gasteiger partial charge < -0.3 is 20.1 Å². The minimum atomic E-state index is -1.00. The Balaban J connectivity index is 1.57. The van der Waals surface area contributed by atoms with Gasteiger partial charge in [0.25, 0.3) is 5.91 Å². The predicted molar refractivity (Wildman–Crippen MR) is 107 cm³/mol. The number of nitrogens with zero attached hydrogens (tertiary/aromatic N) is 1. The van der Waals surface area contributed by atoms with E-state index >= 15 is 0 Å². The molecule has 0 radical (unpaired) electrons. The lowest BCUT2D eigenvalue weighted by molar-refractivity contribution is -0.149. The number of likely N-dealkylation sites (tertiary alicyclic amines) is 1. The number of aliphatic carboxylic acids is 1. The first kappa shape index (κ1) is 20.4. The van der Waals surface area contributed by atoms with Crippen molar-refractivity contribution in [3.63, 3.8) is 0 Å². The highest BCUT2D eigenvalue weighted by Crippen LogP contribution is 2.26. The highest BCUT2D eigenvalue weighted by molar-refractivity contribution is 5.97. The number of carboxylic acid groups (broad SMARTS) is 1. The fraction of sp³-hybridized carbons (Fsp3) is 0.318. The zero-order chi connectivity index (χ0) is 20.8. The van der Waals surface area contributed by atoms with Crippen LogP contribution in [0.15, 0.2) is 54.6 Å². The van der Waals surface area contributed by atoms with Gasteiger partial charge in [0.1, 0.15) is 17.5 Å². The number of nitrogens with one attached hydrogen (secondary N) is 1. The largest absolute Gasteiger partial charge is 0.480 e. The SMILES string of the molecule is CCC1CCC(C(=O)O)N1C(=O)CNC(=O)c1ccc(Oc2ccccc2)cc1. The summed E-state index contributed by atoms with van der Waals surface area (Å²) in [5, 5.41) is 11.9. The van der Waals surface area contributed by atoms with E-state index in [-0.39, 0.29) is 18.5 Å². The standard InChI is InChI=1S/C22H24N2O5/c1-2-16-10-13-19(22(27)28)24(16)20(25)14-23-21(26)15-8-11-18(12-9-15)29-17-6-4-3-5-7-17/h3-9,11-12,16,19H,2,10,13-14H2,1H3,(H,23,26)(H,27,28). The summed E-state index contributed by atoms with van der Waals surface area (Å²) >= 11 is 0. The van der Waals surface area contributed by atoms with E-state index in [0.717, 1.165) is 0 Å². The molecule has 2 atom stereocenters. The molecule has 1 saturated heterocycles. The van der Waals surface area contributed by atoms with Gasteiger partial charge in [0.05, 0.1) is 6.54 Å². The number of carbonyl (C=O) groups is 3. The second-order valence-electron chi connectivity index (χ2n) is 6.92. The molecular weight excluding hydrogens is 372 g/mol. The molecule has 2 unspecified atom stereocenters. The second kappa shape index (κ2) is 9.23. The lowest BCUT2D eigenvalue weighted by atomic mass is 10.1. The smallest absolute Gasteiger partial charge is 0.326 e. The number of ether oxygens (including phenoxy) is 1. The zero-order valence-corrected chi connectivity index (χ0v) is 16.2. The summed E-state index contributed by atoms with van der Waals surface area (Å²) < 4.78 is 5.69. The van der Waals surface area contributed by atoms with E-state index in [2.05, 4.69) is 5.32 Å². The Morgan fingerprint density at radius 1 is 1.03 bits per heavy atom. The van der Waals surface area contributed by atoms with Gasteiger partial charge in [0, 0.05) is 11.6 Å². The van der Waals surface area contributed by atoms with Crippen LogP contribution >= 0.6 is 0 Å². The minimum Gasteiger partial charge on any atom is -0.480 e. The van der Waals surface area contributed by atoms with Crippen molar-refractivity contribution >= 4 is 17.8 Å². The van der Waals surface area contributed by atoms with Gasteiger partial charge in [0.15, 0.2) is 0 Å². The first-order valence-corrected chi connectivity index (χ1v) is 9.64. The van der Waals surface area contributed by atoms with E-state index in [4.69, 9.17) is 4.74 Å². The average Bonchev–Trinajstić information content (AvgIpc) is 3.18. The first-order chi connectivity index (χ1) is 14.0. The molecule has 0 bridgehead atoms. The molecule has 0 saturated carbocycles. The van der Waals surface area contributed by atoms with Crippen LogP contribution in [0.3, 0.4) is 0 Å². The van der Waals surface area contributed by atoms with Crippen molar-refractivity contribution in [2.75, 3.05) is 6.54 Å². The summed E-state index contributed by atoms with van der Waals surface area (Å²) in [7, 11) is 0. The van der Waals surface area contributed by atoms with E-state index in [1.54, 1.807) is 24.3 Å². The molecule has 2 amide bonds. The fourth-order valence-electron chi connectivity index (χ4n) is 3.55. The third kappa shape index (κ3) is 4.93. The lowest BCUT2D eigenvalue weighted by Gasteiger charge is -2.27. The van der Waals surface area contributed by atoms with Gasteiger partial charge in [-0.15, -0.1) is 0 Å². The van der Waals surface area contributed by atoms with Crippen LogP contribution in [0.5, 0.6) is 11.5 Å². The van der Waals surface area contributed by atoms with Gasteiger partial charge in [-0.2, -0.15) is 0 Å². The van der Waals surface area contributed by atoms with Crippen LogP contribution in [-0.2, 0) is 9.59 Å². The van der Waals surface area contributed by atoms with Crippen LogP contribution in [0.2, 0.25) is 0 Å². The van der Waals surface area contributed by atoms with Crippen LogP contribution in [-0.4, -0.2) is 46.4 Å². The first-order valence-electron chi connectivity index (χ1n) is 9.64. The molecule has 1 aliphatic rings. The molecule has 152 valence electrons. The summed E-state index contributed by atoms with van der Waals surface area (Å²) in [6.45, 7) is 1.69. The van der Waals surface area contributed by atoms with Gasteiger partial charge in [-0.05, 0) is 55.7 Å². The van der Waals surface area contributed by atoms with Crippen molar-refractivity contribution in [2.24, 2.45) is 0 Å². The molecule has 1 fully saturated rings. The Labute approximate surface area is 169 Å². The topological polar surface area (TPSA) is 95.9 Å². The molecular formula is C22H24N2O5. The number of benzene rings is 2. The maximum Gasteiger partial charge on any atom is 0.326 e. The maximum atomic E-state index is 12.6. The van der Waals surface area contributed by atoms with E-state index < -0.39 is 17.9 Å². The van der Waals surface area contributed by atoms with Crippen molar-refractivity contribution in [1.29, 1.82) is 0 Å². The number of para-hydroxylation sites is 1. The average molecular weight is 396 g/mol. The Morgan fingerprint density at radius 3 is 2.31 bits per heavy atom. The molecule has 0 aliphatic carbocycles. The van der Waals surface area contributed by atoms with Gasteiger partial charge in [-0.1, -0.05) is 25.1 Å². The quantitative estimate of drug-likeness (QED) is 0.750. The van der Waals surface area contributed by atoms with Gasteiger partial charge >= 0.3 is 5.97 Å². The van der Waals surface area contributed by atoms with E-state index in [1.807, 2.05) is 37.3 Å². The summed E-state index contributed by atoms with van der Waals surface area (Å²) in [5.74, 6) is -0.493. The third-order valence-electron chi connectivity index (χ3n) is 5.04. The second-order valence-corrected chi connectivity index (χ2v) is 6.92. The van der Waals surface area contributed by atoms with Crippen molar-refractivity contribution in [3.05, 3.63) is 60.2 Å². The molecule has 1 aliphatic heterocycles. The van der Waals surface area contributed by atoms with E-state index in [1.165, 1.54) is 4.90 Å². The summed E-state index contributed by atoms with van der Waals surface area (Å²) in [6, 6.07) is 15.0. The Hall–Kier alpha value is -3.35. The van der Waals surface area contributed by atoms with Crippen LogP contribution in [0.25, 0.3) is 0 Å². The molecule has 2 N–H and O–H groups in total. The summed E-state index contributed by atoms with van der Waals surface area (Å²) in [6.07, 6.45) is 1.79. The fourth-order valence-corrected chi connectivity index (χ4v) is 3.55. The highest BCUT2D eigenvalue weighted by Gasteiger charge is 2.39. The van der Waals surface area contributed by atoms with E-state index in [0.29, 0.717) is 36.3 Å². The van der Waals surface area contributed by atoms with Gasteiger partial charge in [0.2, 0.25) is 5.91 Å². The Kier molecular flexibility index (Phi) is 6.49. The molecule has 1 heterocycles. The lowest BCUT2D eigenvalue weighted by Crippen LogP contribution is -2.48. The number of carboxylic acids is 1. The van der Waals surface area contributed by atoms with Gasteiger partial charge in [-0.25, -0.2) is 4.79 Å². The van der Waals surface area contributed by atoms with Crippen molar-refractivity contribution in [1.82, 2.24) is 10.2 Å². The zero-order valence-electron chi connectivity index (χ0n) is 16.2. The normalized spacial score (nSPS) is 18.3. The number of rotatable bonds is 7. The van der Waals surface area contributed by atoms with Crippen LogP contribution in [0.1, 0.15) is 36.5 Å². The minimum absolute atomic E-state index is 0.102. The molecule has 3 rings (SSSR count). The third-order valence-corrected chi connectivity index (χ3v) is 5.04. The van der Waals surface area contributed by atoms with E-state index in [9.17, 15) is 19.5 Å². The molecule has 29 heavy (non-hydrogen) atoms. The van der Waals surface area contributed by atoms with Crippen LogP contribution < -0.4 is 10.1 Å². The maximum absolute atomic E-state index is 12.6. The predicted octanol–water partition coefficient (Wildman–Crippen LogP) is 3.06. The number of hydrogen-bond acceptors (Lipinski definition) is 4. The molecule has 2 aromatic carbocycles. The summed E-state index contributed by atoms with van der Waals surface area (Å²) in [4.78, 5) is 37.7. The highest BCUT2D eigenvalue weighted by atomic mass is 16.5. The van der Waals surface area contributed by atoms with Crippen molar-refractivity contribution in [3.8, 4) is 11.5 Å². The van der Waals surface area contributed by atoms with Gasteiger partial charge in [-0.3, -0.25) is 9.59 Å². The Morgan fingerprint density at radius 2 is 1.69 bits per heavy atom.